The fraction of sp³-hybridized carbons (Fsp3) is 0.278. The van der Waals surface area contributed by atoms with Crippen molar-refractivity contribution in [3.8, 4) is 6.07 Å². The second kappa shape index (κ2) is 7.31. The number of halogens is 1. The van der Waals surface area contributed by atoms with Crippen LogP contribution in [0.3, 0.4) is 0 Å². The van der Waals surface area contributed by atoms with Crippen LogP contribution in [0.2, 0.25) is 5.02 Å². The highest BCUT2D eigenvalue weighted by atomic mass is 35.5. The smallest absolute Gasteiger partial charge is 0.0991 e. The summed E-state index contributed by atoms with van der Waals surface area (Å²) in [5.74, 6) is 0. The van der Waals surface area contributed by atoms with Gasteiger partial charge in [0.1, 0.15) is 0 Å². The van der Waals surface area contributed by atoms with E-state index in [1.807, 2.05) is 50.2 Å². The molecule has 1 atom stereocenters. The Hall–Kier alpha value is -2.02. The van der Waals surface area contributed by atoms with Gasteiger partial charge in [0.05, 0.1) is 24.3 Å². The number of rotatable bonds is 5. The standard InChI is InChI=1S/C18H19ClN2O/c1-3-21(16-7-8-17(19)13(2)9-16)18(12-22)15-6-4-5-14(10-15)11-20/h4-10,18,22H,3,12H2,1-2H3. The summed E-state index contributed by atoms with van der Waals surface area (Å²) in [5, 5.41) is 19.7. The molecule has 0 saturated carbocycles. The summed E-state index contributed by atoms with van der Waals surface area (Å²) in [6.45, 7) is 4.72. The molecule has 0 saturated heterocycles. The van der Waals surface area contributed by atoms with Gasteiger partial charge in [-0.25, -0.2) is 0 Å². The predicted octanol–water partition coefficient (Wildman–Crippen LogP) is 4.08. The summed E-state index contributed by atoms with van der Waals surface area (Å²) in [5.41, 5.74) is 3.53. The first-order chi connectivity index (χ1) is 10.6. The van der Waals surface area contributed by atoms with Gasteiger partial charge in [0.15, 0.2) is 0 Å². The van der Waals surface area contributed by atoms with Crippen molar-refractivity contribution in [3.05, 3.63) is 64.2 Å². The summed E-state index contributed by atoms with van der Waals surface area (Å²) in [6, 6.07) is 15.2. The van der Waals surface area contributed by atoms with E-state index in [1.54, 1.807) is 6.07 Å². The summed E-state index contributed by atoms with van der Waals surface area (Å²) in [6.07, 6.45) is 0. The molecule has 2 rings (SSSR count). The average Bonchev–Trinajstić information content (AvgIpc) is 2.55. The minimum absolute atomic E-state index is 0.0234. The van der Waals surface area contributed by atoms with Crippen molar-refractivity contribution in [3.63, 3.8) is 0 Å². The van der Waals surface area contributed by atoms with E-state index in [-0.39, 0.29) is 12.6 Å². The molecule has 0 aliphatic carbocycles. The highest BCUT2D eigenvalue weighted by Crippen LogP contribution is 2.30. The molecule has 0 aliphatic heterocycles. The maximum atomic E-state index is 9.88. The Morgan fingerprint density at radius 1 is 1.27 bits per heavy atom. The number of likely N-dealkylation sites (N-methyl/N-ethyl adjacent to an activating group) is 1. The van der Waals surface area contributed by atoms with Crippen molar-refractivity contribution >= 4 is 17.3 Å². The molecule has 0 amide bonds. The quantitative estimate of drug-likeness (QED) is 0.904. The van der Waals surface area contributed by atoms with E-state index in [0.717, 1.165) is 28.4 Å². The third-order valence-corrected chi connectivity index (χ3v) is 4.19. The highest BCUT2D eigenvalue weighted by molar-refractivity contribution is 6.31. The monoisotopic (exact) mass is 314 g/mol. The molecule has 22 heavy (non-hydrogen) atoms. The van der Waals surface area contributed by atoms with Crippen LogP contribution in [0, 0.1) is 18.3 Å². The highest BCUT2D eigenvalue weighted by Gasteiger charge is 2.19. The van der Waals surface area contributed by atoms with Crippen LogP contribution >= 0.6 is 11.6 Å². The first-order valence-corrected chi connectivity index (χ1v) is 7.62. The molecule has 0 spiro atoms. The zero-order chi connectivity index (χ0) is 16.1. The van der Waals surface area contributed by atoms with E-state index in [9.17, 15) is 5.11 Å². The molecular formula is C18H19ClN2O. The Kier molecular flexibility index (Phi) is 5.43. The Morgan fingerprint density at radius 3 is 2.64 bits per heavy atom. The Labute approximate surface area is 136 Å². The van der Waals surface area contributed by atoms with Gasteiger partial charge in [-0.15, -0.1) is 0 Å². The largest absolute Gasteiger partial charge is 0.394 e. The zero-order valence-electron chi connectivity index (χ0n) is 12.8. The maximum absolute atomic E-state index is 9.88. The molecule has 114 valence electrons. The SMILES string of the molecule is CCN(c1ccc(Cl)c(C)c1)C(CO)c1cccc(C#N)c1. The van der Waals surface area contributed by atoms with Crippen LogP contribution in [0.15, 0.2) is 42.5 Å². The topological polar surface area (TPSA) is 47.3 Å². The van der Waals surface area contributed by atoms with Crippen LogP contribution < -0.4 is 4.90 Å². The van der Waals surface area contributed by atoms with E-state index < -0.39 is 0 Å². The number of nitrogens with zero attached hydrogens (tertiary/aromatic N) is 2. The van der Waals surface area contributed by atoms with Gasteiger partial charge in [0, 0.05) is 17.3 Å². The summed E-state index contributed by atoms with van der Waals surface area (Å²) in [7, 11) is 0. The second-order valence-electron chi connectivity index (χ2n) is 5.16. The Bertz CT molecular complexity index is 694. The summed E-state index contributed by atoms with van der Waals surface area (Å²) >= 11 is 6.09. The first-order valence-electron chi connectivity index (χ1n) is 7.24. The van der Waals surface area contributed by atoms with Crippen molar-refractivity contribution in [2.24, 2.45) is 0 Å². The molecule has 0 heterocycles. The van der Waals surface area contributed by atoms with Crippen molar-refractivity contribution in [1.29, 1.82) is 5.26 Å². The number of anilines is 1. The number of hydrogen-bond donors (Lipinski definition) is 1. The lowest BCUT2D eigenvalue weighted by Gasteiger charge is -2.32. The van der Waals surface area contributed by atoms with E-state index in [4.69, 9.17) is 16.9 Å². The lowest BCUT2D eigenvalue weighted by Crippen LogP contribution is -2.31. The molecule has 0 fully saturated rings. The molecule has 3 nitrogen and oxygen atoms in total. The molecule has 0 aliphatic rings. The molecule has 2 aromatic rings. The van der Waals surface area contributed by atoms with Crippen molar-refractivity contribution in [1.82, 2.24) is 0 Å². The Morgan fingerprint density at radius 2 is 2.05 bits per heavy atom. The lowest BCUT2D eigenvalue weighted by atomic mass is 10.0. The summed E-state index contributed by atoms with van der Waals surface area (Å²) in [4.78, 5) is 2.11. The average molecular weight is 315 g/mol. The molecule has 1 unspecified atom stereocenters. The zero-order valence-corrected chi connectivity index (χ0v) is 13.5. The molecule has 4 heteroatoms. The molecule has 0 aromatic heterocycles. The van der Waals surface area contributed by atoms with E-state index in [2.05, 4.69) is 11.0 Å². The lowest BCUT2D eigenvalue weighted by molar-refractivity contribution is 0.261. The summed E-state index contributed by atoms with van der Waals surface area (Å²) < 4.78 is 0. The van der Waals surface area contributed by atoms with E-state index in [0.29, 0.717) is 5.56 Å². The fourth-order valence-corrected chi connectivity index (χ4v) is 2.71. The van der Waals surface area contributed by atoms with Crippen LogP contribution in [0.1, 0.15) is 29.7 Å². The fourth-order valence-electron chi connectivity index (χ4n) is 2.59. The minimum Gasteiger partial charge on any atom is -0.394 e. The normalized spacial score (nSPS) is 11.8. The number of aryl methyl sites for hydroxylation is 1. The van der Waals surface area contributed by atoms with Crippen molar-refractivity contribution in [2.75, 3.05) is 18.1 Å². The number of aliphatic hydroxyl groups excluding tert-OH is 1. The van der Waals surface area contributed by atoms with Gasteiger partial charge >= 0.3 is 0 Å². The van der Waals surface area contributed by atoms with Gasteiger partial charge in [-0.1, -0.05) is 23.7 Å². The van der Waals surface area contributed by atoms with Crippen LogP contribution in [0.4, 0.5) is 5.69 Å². The molecule has 1 N–H and O–H groups in total. The number of nitriles is 1. The first kappa shape index (κ1) is 16.4. The van der Waals surface area contributed by atoms with Gasteiger partial charge in [0.2, 0.25) is 0 Å². The third kappa shape index (κ3) is 3.41. The third-order valence-electron chi connectivity index (χ3n) is 3.76. The minimum atomic E-state index is -0.195. The Balaban J connectivity index is 2.41. The van der Waals surface area contributed by atoms with Crippen LogP contribution in [-0.2, 0) is 0 Å². The van der Waals surface area contributed by atoms with Crippen molar-refractivity contribution < 1.29 is 5.11 Å². The molecule has 0 bridgehead atoms. The maximum Gasteiger partial charge on any atom is 0.0991 e. The van der Waals surface area contributed by atoms with E-state index >= 15 is 0 Å². The van der Waals surface area contributed by atoms with Gasteiger partial charge in [-0.05, 0) is 55.3 Å². The van der Waals surface area contributed by atoms with E-state index in [1.165, 1.54) is 0 Å². The molecule has 2 aromatic carbocycles. The van der Waals surface area contributed by atoms with Gasteiger partial charge in [-0.3, -0.25) is 0 Å². The number of benzene rings is 2. The molecule has 0 radical (unpaired) electrons. The molecular weight excluding hydrogens is 296 g/mol. The van der Waals surface area contributed by atoms with Gasteiger partial charge < -0.3 is 10.0 Å². The van der Waals surface area contributed by atoms with Gasteiger partial charge in [-0.2, -0.15) is 5.26 Å². The second-order valence-corrected chi connectivity index (χ2v) is 5.56. The van der Waals surface area contributed by atoms with Crippen molar-refractivity contribution in [2.45, 2.75) is 19.9 Å². The van der Waals surface area contributed by atoms with Crippen LogP contribution in [0.25, 0.3) is 0 Å². The van der Waals surface area contributed by atoms with Crippen LogP contribution in [0.5, 0.6) is 0 Å². The predicted molar refractivity (Wildman–Crippen MR) is 90.2 cm³/mol. The number of hydrogen-bond acceptors (Lipinski definition) is 3. The van der Waals surface area contributed by atoms with Gasteiger partial charge in [0.25, 0.3) is 0 Å². The van der Waals surface area contributed by atoms with Crippen LogP contribution in [-0.4, -0.2) is 18.3 Å². The number of aliphatic hydroxyl groups is 1.